The van der Waals surface area contributed by atoms with Crippen molar-refractivity contribution in [1.29, 1.82) is 0 Å². The molecule has 0 bridgehead atoms. The van der Waals surface area contributed by atoms with Gasteiger partial charge >= 0.3 is 0 Å². The smallest absolute Gasteiger partial charge is 0.152 e. The van der Waals surface area contributed by atoms with E-state index in [-0.39, 0.29) is 9.99 Å². The number of rotatable bonds is 0. The standard InChI is InChI=1S/C9H3Br2F2N/c10-7-2-1-4-8(11)5(12)3-6(13)9(4)14-7/h1-3H. The second-order valence-electron chi connectivity index (χ2n) is 2.68. The van der Waals surface area contributed by atoms with Crippen LogP contribution in [0, 0.1) is 11.6 Å². The third kappa shape index (κ3) is 1.54. The maximum absolute atomic E-state index is 13.3. The molecule has 0 fully saturated rings. The third-order valence-corrected chi connectivity index (χ3v) is 3.03. The first-order valence-electron chi connectivity index (χ1n) is 3.69. The monoisotopic (exact) mass is 321 g/mol. The Bertz CT molecular complexity index is 514. The number of fused-ring (bicyclic) bond motifs is 1. The summed E-state index contributed by atoms with van der Waals surface area (Å²) < 4.78 is 27.1. The van der Waals surface area contributed by atoms with Gasteiger partial charge in [-0.1, -0.05) is 0 Å². The Balaban J connectivity index is 2.94. The predicted octanol–water partition coefficient (Wildman–Crippen LogP) is 4.04. The number of nitrogens with zero attached hydrogens (tertiary/aromatic N) is 1. The van der Waals surface area contributed by atoms with Crippen LogP contribution in [0.5, 0.6) is 0 Å². The van der Waals surface area contributed by atoms with Gasteiger partial charge in [0.25, 0.3) is 0 Å². The molecule has 0 aliphatic rings. The van der Waals surface area contributed by atoms with Crippen LogP contribution < -0.4 is 0 Å². The predicted molar refractivity (Wildman–Crippen MR) is 57.1 cm³/mol. The Hall–Kier alpha value is -0.550. The van der Waals surface area contributed by atoms with Crippen molar-refractivity contribution in [1.82, 2.24) is 4.98 Å². The van der Waals surface area contributed by atoms with Gasteiger partial charge in [0, 0.05) is 11.5 Å². The number of hydrogen-bond acceptors (Lipinski definition) is 1. The van der Waals surface area contributed by atoms with Gasteiger partial charge in [-0.05, 0) is 44.0 Å². The Morgan fingerprint density at radius 2 is 1.79 bits per heavy atom. The van der Waals surface area contributed by atoms with Gasteiger partial charge in [-0.25, -0.2) is 13.8 Å². The van der Waals surface area contributed by atoms with E-state index >= 15 is 0 Å². The summed E-state index contributed by atoms with van der Waals surface area (Å²) in [6.07, 6.45) is 0. The molecule has 0 radical (unpaired) electrons. The van der Waals surface area contributed by atoms with Crippen LogP contribution >= 0.6 is 31.9 Å². The minimum atomic E-state index is -0.665. The Morgan fingerprint density at radius 3 is 2.50 bits per heavy atom. The lowest BCUT2D eigenvalue weighted by Gasteiger charge is -2.02. The van der Waals surface area contributed by atoms with Crippen molar-refractivity contribution in [3.63, 3.8) is 0 Å². The second kappa shape index (κ2) is 3.55. The van der Waals surface area contributed by atoms with Crippen LogP contribution in [0.15, 0.2) is 27.3 Å². The summed E-state index contributed by atoms with van der Waals surface area (Å²) in [6.45, 7) is 0. The van der Waals surface area contributed by atoms with Crippen molar-refractivity contribution in [2.45, 2.75) is 0 Å². The first-order chi connectivity index (χ1) is 6.59. The van der Waals surface area contributed by atoms with Crippen LogP contribution in [-0.2, 0) is 0 Å². The fourth-order valence-electron chi connectivity index (χ4n) is 1.17. The molecule has 2 rings (SSSR count). The zero-order valence-corrected chi connectivity index (χ0v) is 9.86. The average Bonchev–Trinajstić information content (AvgIpc) is 2.14. The van der Waals surface area contributed by atoms with E-state index in [2.05, 4.69) is 36.8 Å². The molecular formula is C9H3Br2F2N. The molecule has 1 aromatic heterocycles. The summed E-state index contributed by atoms with van der Waals surface area (Å²) in [7, 11) is 0. The van der Waals surface area contributed by atoms with Gasteiger partial charge in [-0.3, -0.25) is 0 Å². The molecule has 0 atom stereocenters. The van der Waals surface area contributed by atoms with Crippen molar-refractivity contribution in [3.05, 3.63) is 38.9 Å². The lowest BCUT2D eigenvalue weighted by atomic mass is 10.2. The van der Waals surface area contributed by atoms with Crippen LogP contribution in [0.4, 0.5) is 8.78 Å². The van der Waals surface area contributed by atoms with E-state index in [1.165, 1.54) is 0 Å². The topological polar surface area (TPSA) is 12.9 Å². The van der Waals surface area contributed by atoms with Gasteiger partial charge < -0.3 is 0 Å². The number of pyridine rings is 1. The van der Waals surface area contributed by atoms with E-state index in [0.29, 0.717) is 9.99 Å². The largest absolute Gasteiger partial charge is 0.238 e. The normalized spacial score (nSPS) is 10.9. The molecule has 0 spiro atoms. The molecule has 2 aromatic rings. The summed E-state index contributed by atoms with van der Waals surface area (Å²) in [4.78, 5) is 3.92. The van der Waals surface area contributed by atoms with E-state index in [1.807, 2.05) is 0 Å². The number of halogens is 4. The Kier molecular flexibility index (Phi) is 2.53. The van der Waals surface area contributed by atoms with Gasteiger partial charge in [0.15, 0.2) is 5.82 Å². The van der Waals surface area contributed by atoms with E-state index in [9.17, 15) is 8.78 Å². The van der Waals surface area contributed by atoms with Crippen LogP contribution in [-0.4, -0.2) is 4.98 Å². The molecule has 14 heavy (non-hydrogen) atoms. The lowest BCUT2D eigenvalue weighted by Crippen LogP contribution is -1.89. The van der Waals surface area contributed by atoms with E-state index in [0.717, 1.165) is 6.07 Å². The number of benzene rings is 1. The molecule has 0 N–H and O–H groups in total. The van der Waals surface area contributed by atoms with Crippen molar-refractivity contribution < 1.29 is 8.78 Å². The summed E-state index contributed by atoms with van der Waals surface area (Å²) in [5.41, 5.74) is 0.146. The quantitative estimate of drug-likeness (QED) is 0.527. The van der Waals surface area contributed by atoms with Gasteiger partial charge in [0.2, 0.25) is 0 Å². The second-order valence-corrected chi connectivity index (χ2v) is 4.29. The Labute approximate surface area is 95.4 Å². The number of aromatic nitrogens is 1. The molecule has 0 amide bonds. The zero-order valence-electron chi connectivity index (χ0n) is 6.69. The molecule has 72 valence electrons. The van der Waals surface area contributed by atoms with Crippen LogP contribution in [0.1, 0.15) is 0 Å². The van der Waals surface area contributed by atoms with Crippen LogP contribution in [0.25, 0.3) is 10.9 Å². The van der Waals surface area contributed by atoms with Crippen molar-refractivity contribution >= 4 is 42.8 Å². The molecule has 0 aliphatic heterocycles. The molecule has 0 unspecified atom stereocenters. The fourth-order valence-corrected chi connectivity index (χ4v) is 1.91. The summed E-state index contributed by atoms with van der Waals surface area (Å²) in [6, 6.07) is 4.04. The van der Waals surface area contributed by atoms with E-state index < -0.39 is 11.6 Å². The highest BCUT2D eigenvalue weighted by Gasteiger charge is 2.11. The van der Waals surface area contributed by atoms with Crippen molar-refractivity contribution in [3.8, 4) is 0 Å². The molecule has 5 heteroatoms. The summed E-state index contributed by atoms with van der Waals surface area (Å²) in [5, 5.41) is 0.422. The van der Waals surface area contributed by atoms with Crippen molar-refractivity contribution in [2.75, 3.05) is 0 Å². The fraction of sp³-hybridized carbons (Fsp3) is 0. The average molecular weight is 323 g/mol. The zero-order chi connectivity index (χ0) is 10.3. The molecule has 0 aliphatic carbocycles. The van der Waals surface area contributed by atoms with Crippen LogP contribution in [0.3, 0.4) is 0 Å². The lowest BCUT2D eigenvalue weighted by molar-refractivity contribution is 0.586. The molecule has 1 nitrogen and oxygen atoms in total. The Morgan fingerprint density at radius 1 is 1.07 bits per heavy atom. The maximum atomic E-state index is 13.3. The van der Waals surface area contributed by atoms with Crippen LogP contribution in [0.2, 0.25) is 0 Å². The van der Waals surface area contributed by atoms with E-state index in [1.54, 1.807) is 12.1 Å². The molecule has 1 heterocycles. The first-order valence-corrected chi connectivity index (χ1v) is 5.28. The maximum Gasteiger partial charge on any atom is 0.152 e. The molecule has 0 saturated carbocycles. The highest BCUT2D eigenvalue weighted by molar-refractivity contribution is 9.11. The summed E-state index contributed by atoms with van der Waals surface area (Å²) in [5.74, 6) is -1.29. The SMILES string of the molecule is Fc1cc(F)c2nc(Br)ccc2c1Br. The van der Waals surface area contributed by atoms with Gasteiger partial charge in [-0.2, -0.15) is 0 Å². The van der Waals surface area contributed by atoms with E-state index in [4.69, 9.17) is 0 Å². The highest BCUT2D eigenvalue weighted by atomic mass is 79.9. The molecule has 1 aromatic carbocycles. The molecule has 0 saturated heterocycles. The third-order valence-electron chi connectivity index (χ3n) is 1.79. The van der Waals surface area contributed by atoms with Gasteiger partial charge in [-0.15, -0.1) is 0 Å². The highest BCUT2D eigenvalue weighted by Crippen LogP contribution is 2.28. The minimum Gasteiger partial charge on any atom is -0.238 e. The van der Waals surface area contributed by atoms with Gasteiger partial charge in [0.1, 0.15) is 15.9 Å². The number of hydrogen-bond donors (Lipinski definition) is 0. The minimum absolute atomic E-state index is 0.146. The summed E-state index contributed by atoms with van der Waals surface area (Å²) >= 11 is 6.17. The molecular weight excluding hydrogens is 320 g/mol. The van der Waals surface area contributed by atoms with Gasteiger partial charge in [0.05, 0.1) is 4.47 Å². The first kappa shape index (κ1) is 9.98. The van der Waals surface area contributed by atoms with Crippen molar-refractivity contribution in [2.24, 2.45) is 0 Å².